The predicted octanol–water partition coefficient (Wildman–Crippen LogP) is 2.46. The zero-order valence-electron chi connectivity index (χ0n) is 9.79. The van der Waals surface area contributed by atoms with E-state index in [4.69, 9.17) is 13.3 Å². The van der Waals surface area contributed by atoms with Crippen molar-refractivity contribution in [3.8, 4) is 0 Å². The summed E-state index contributed by atoms with van der Waals surface area (Å²) in [5.41, 5.74) is 0. The van der Waals surface area contributed by atoms with Gasteiger partial charge in [0.2, 0.25) is 0 Å². The van der Waals surface area contributed by atoms with E-state index in [1.807, 2.05) is 20.8 Å². The van der Waals surface area contributed by atoms with E-state index in [2.05, 4.69) is 18.2 Å². The van der Waals surface area contributed by atoms with E-state index in [0.29, 0.717) is 19.8 Å². The van der Waals surface area contributed by atoms with Gasteiger partial charge in [0.05, 0.1) is 0 Å². The van der Waals surface area contributed by atoms with Crippen molar-refractivity contribution in [2.75, 3.05) is 19.8 Å². The molecule has 0 aromatic heterocycles. The Morgan fingerprint density at radius 3 is 1.93 bits per heavy atom. The summed E-state index contributed by atoms with van der Waals surface area (Å²) in [5, 5.41) is 1.10. The van der Waals surface area contributed by atoms with E-state index < -0.39 is 8.80 Å². The summed E-state index contributed by atoms with van der Waals surface area (Å²) in [5.74, 6) is 0. The van der Waals surface area contributed by atoms with Crippen LogP contribution in [0.2, 0.25) is 0 Å². The molecule has 0 unspecified atom stereocenters. The smallest absolute Gasteiger partial charge is 0.370 e. The molecule has 15 heavy (non-hydrogen) atoms. The van der Waals surface area contributed by atoms with E-state index in [1.165, 1.54) is 0 Å². The van der Waals surface area contributed by atoms with Crippen LogP contribution in [0.25, 0.3) is 0 Å². The van der Waals surface area contributed by atoms with Crippen LogP contribution in [-0.4, -0.2) is 28.6 Å². The minimum Gasteiger partial charge on any atom is -0.370 e. The molecule has 86 valence electrons. The first-order valence-electron chi connectivity index (χ1n) is 5.58. The third-order valence-electron chi connectivity index (χ3n) is 2.13. The summed E-state index contributed by atoms with van der Waals surface area (Å²) in [7, 11) is -2.59. The van der Waals surface area contributed by atoms with Crippen LogP contribution in [0.4, 0.5) is 0 Å². The van der Waals surface area contributed by atoms with E-state index >= 15 is 0 Å². The zero-order valence-corrected chi connectivity index (χ0v) is 10.8. The van der Waals surface area contributed by atoms with E-state index in [0.717, 1.165) is 11.6 Å². The van der Waals surface area contributed by atoms with Gasteiger partial charge in [0, 0.05) is 25.0 Å². The second-order valence-electron chi connectivity index (χ2n) is 3.15. The summed E-state index contributed by atoms with van der Waals surface area (Å²) in [4.78, 5) is 0. The fourth-order valence-corrected chi connectivity index (χ4v) is 4.21. The van der Waals surface area contributed by atoms with Crippen molar-refractivity contribution in [1.82, 2.24) is 0 Å². The minimum atomic E-state index is -2.59. The molecular weight excluding hydrogens is 208 g/mol. The molecule has 0 bridgehead atoms. The molecule has 0 fully saturated rings. The standard InChI is InChI=1S/C11H20O3Si/c1-4-12-15(13-5-2,14-6-3)11-9-7-8-10-11/h7,9-10H,4-6,8H2,1-3H3. The Hall–Kier alpha value is -0.423. The number of allylic oxidation sites excluding steroid dienone is 4. The minimum absolute atomic E-state index is 0.622. The van der Waals surface area contributed by atoms with Crippen molar-refractivity contribution in [3.05, 3.63) is 23.4 Å². The molecule has 1 aliphatic carbocycles. The highest BCUT2D eigenvalue weighted by atomic mass is 28.4. The first kappa shape index (κ1) is 12.6. The predicted molar refractivity (Wildman–Crippen MR) is 62.5 cm³/mol. The lowest BCUT2D eigenvalue weighted by molar-refractivity contribution is 0.0818. The Morgan fingerprint density at radius 1 is 1.07 bits per heavy atom. The summed E-state index contributed by atoms with van der Waals surface area (Å²) in [6, 6.07) is 0. The lowest BCUT2D eigenvalue weighted by Gasteiger charge is -2.28. The van der Waals surface area contributed by atoms with Crippen LogP contribution in [0, 0.1) is 0 Å². The Morgan fingerprint density at radius 2 is 1.60 bits per heavy atom. The molecule has 0 aromatic rings. The summed E-state index contributed by atoms with van der Waals surface area (Å²) in [6.07, 6.45) is 7.26. The second-order valence-corrected chi connectivity index (χ2v) is 5.71. The topological polar surface area (TPSA) is 27.7 Å². The number of rotatable bonds is 7. The summed E-state index contributed by atoms with van der Waals surface area (Å²) < 4.78 is 17.3. The van der Waals surface area contributed by atoms with Crippen molar-refractivity contribution >= 4 is 8.80 Å². The molecule has 0 aliphatic heterocycles. The maximum absolute atomic E-state index is 5.77. The Labute approximate surface area is 93.1 Å². The van der Waals surface area contributed by atoms with Gasteiger partial charge in [0.1, 0.15) is 0 Å². The van der Waals surface area contributed by atoms with Crippen LogP contribution in [0.15, 0.2) is 23.4 Å². The first-order valence-corrected chi connectivity index (χ1v) is 7.30. The first-order chi connectivity index (χ1) is 7.29. The van der Waals surface area contributed by atoms with Crippen LogP contribution < -0.4 is 0 Å². The highest BCUT2D eigenvalue weighted by molar-refractivity contribution is 6.69. The average Bonchev–Trinajstić information content (AvgIpc) is 2.72. The quantitative estimate of drug-likeness (QED) is 0.626. The molecule has 0 atom stereocenters. The van der Waals surface area contributed by atoms with Gasteiger partial charge in [0.15, 0.2) is 0 Å². The molecule has 0 N–H and O–H groups in total. The highest BCUT2D eigenvalue weighted by Gasteiger charge is 2.44. The normalized spacial score (nSPS) is 15.8. The molecule has 1 rings (SSSR count). The molecule has 0 amide bonds. The monoisotopic (exact) mass is 228 g/mol. The number of hydrogen-bond donors (Lipinski definition) is 0. The van der Waals surface area contributed by atoms with Crippen LogP contribution >= 0.6 is 0 Å². The van der Waals surface area contributed by atoms with Crippen molar-refractivity contribution in [2.24, 2.45) is 0 Å². The van der Waals surface area contributed by atoms with Crippen molar-refractivity contribution in [1.29, 1.82) is 0 Å². The van der Waals surface area contributed by atoms with Gasteiger partial charge in [-0.05, 0) is 27.2 Å². The maximum Gasteiger partial charge on any atom is 0.536 e. The van der Waals surface area contributed by atoms with Gasteiger partial charge >= 0.3 is 8.80 Å². The Bertz CT molecular complexity index is 231. The SMILES string of the molecule is CCO[Si](OCC)(OCC)C1=CCC=C1. The van der Waals surface area contributed by atoms with Crippen molar-refractivity contribution < 1.29 is 13.3 Å². The largest absolute Gasteiger partial charge is 0.536 e. The molecule has 4 heteroatoms. The summed E-state index contributed by atoms with van der Waals surface area (Å²) in [6.45, 7) is 7.78. The second kappa shape index (κ2) is 6.22. The average molecular weight is 228 g/mol. The molecule has 3 nitrogen and oxygen atoms in total. The van der Waals surface area contributed by atoms with Crippen LogP contribution in [0.1, 0.15) is 27.2 Å². The fraction of sp³-hybridized carbons (Fsp3) is 0.636. The van der Waals surface area contributed by atoms with E-state index in [1.54, 1.807) is 0 Å². The summed E-state index contributed by atoms with van der Waals surface area (Å²) >= 11 is 0. The van der Waals surface area contributed by atoms with E-state index in [-0.39, 0.29) is 0 Å². The lowest BCUT2D eigenvalue weighted by Crippen LogP contribution is -2.47. The van der Waals surface area contributed by atoms with Crippen LogP contribution in [-0.2, 0) is 13.3 Å². The van der Waals surface area contributed by atoms with Crippen molar-refractivity contribution in [2.45, 2.75) is 27.2 Å². The van der Waals surface area contributed by atoms with Crippen LogP contribution in [0.3, 0.4) is 0 Å². The molecule has 1 aliphatic rings. The molecule has 0 aromatic carbocycles. The molecule has 0 spiro atoms. The Kier molecular flexibility index (Phi) is 5.25. The van der Waals surface area contributed by atoms with Crippen LogP contribution in [0.5, 0.6) is 0 Å². The highest BCUT2D eigenvalue weighted by Crippen LogP contribution is 2.25. The van der Waals surface area contributed by atoms with Gasteiger partial charge in [-0.2, -0.15) is 0 Å². The molecule has 0 radical (unpaired) electrons. The lowest BCUT2D eigenvalue weighted by atomic mass is 10.5. The fourth-order valence-electron chi connectivity index (χ4n) is 1.63. The maximum atomic E-state index is 5.77. The van der Waals surface area contributed by atoms with Gasteiger partial charge in [-0.3, -0.25) is 0 Å². The van der Waals surface area contributed by atoms with E-state index in [9.17, 15) is 0 Å². The van der Waals surface area contributed by atoms with Gasteiger partial charge in [-0.1, -0.05) is 18.2 Å². The van der Waals surface area contributed by atoms with Gasteiger partial charge in [-0.25, -0.2) is 0 Å². The zero-order chi connectivity index (χ0) is 11.1. The molecule has 0 heterocycles. The van der Waals surface area contributed by atoms with Gasteiger partial charge < -0.3 is 13.3 Å². The third kappa shape index (κ3) is 3.01. The van der Waals surface area contributed by atoms with Gasteiger partial charge in [-0.15, -0.1) is 0 Å². The third-order valence-corrected chi connectivity index (χ3v) is 5.21. The number of hydrogen-bond acceptors (Lipinski definition) is 3. The molecule has 0 saturated carbocycles. The Balaban J connectivity index is 2.83. The molecular formula is C11H20O3Si. The van der Waals surface area contributed by atoms with Crippen molar-refractivity contribution in [3.63, 3.8) is 0 Å². The molecule has 0 saturated heterocycles. The van der Waals surface area contributed by atoms with Gasteiger partial charge in [0.25, 0.3) is 0 Å².